The van der Waals surface area contributed by atoms with E-state index in [-0.39, 0.29) is 27.7 Å². The maximum atomic E-state index is 13.1. The van der Waals surface area contributed by atoms with Crippen molar-refractivity contribution in [1.29, 1.82) is 0 Å². The lowest BCUT2D eigenvalue weighted by Crippen LogP contribution is -2.09. The van der Waals surface area contributed by atoms with E-state index in [0.29, 0.717) is 22.8 Å². The molecule has 1 aliphatic heterocycles. The number of allylic oxidation sites excluding steroid dienone is 1. The topological polar surface area (TPSA) is 97.4 Å². The molecule has 0 atom stereocenters. The molecule has 34 heavy (non-hydrogen) atoms. The van der Waals surface area contributed by atoms with Gasteiger partial charge in [0.25, 0.3) is 0 Å². The number of halogens is 1. The number of methoxy groups -OCH3 is 3. The minimum Gasteiger partial charge on any atom is -0.493 e. The number of hydrogen-bond acceptors (Lipinski definition) is 8. The summed E-state index contributed by atoms with van der Waals surface area (Å²) in [5.74, 6) is 0.324. The lowest BCUT2D eigenvalue weighted by atomic mass is 10.1. The normalized spacial score (nSPS) is 13.9. The van der Waals surface area contributed by atoms with E-state index in [4.69, 9.17) is 23.1 Å². The Morgan fingerprint density at radius 1 is 0.882 bits per heavy atom. The lowest BCUT2D eigenvalue weighted by Gasteiger charge is -2.13. The summed E-state index contributed by atoms with van der Waals surface area (Å²) in [6.45, 7) is 0. The molecule has 0 radical (unpaired) electrons. The highest BCUT2D eigenvalue weighted by Gasteiger charge is 2.29. The van der Waals surface area contributed by atoms with E-state index in [0.717, 1.165) is 24.3 Å². The zero-order chi connectivity index (χ0) is 24.5. The van der Waals surface area contributed by atoms with E-state index in [9.17, 15) is 17.6 Å². The number of ketones is 1. The molecule has 10 heteroatoms. The monoisotopic (exact) mass is 486 g/mol. The highest BCUT2D eigenvalue weighted by molar-refractivity contribution is 7.87. The van der Waals surface area contributed by atoms with Gasteiger partial charge in [-0.3, -0.25) is 4.79 Å². The summed E-state index contributed by atoms with van der Waals surface area (Å²) in [5, 5.41) is 0. The van der Waals surface area contributed by atoms with Crippen molar-refractivity contribution >= 4 is 22.0 Å². The van der Waals surface area contributed by atoms with Crippen LogP contribution in [-0.4, -0.2) is 35.5 Å². The third-order valence-corrected chi connectivity index (χ3v) is 6.20. The smallest absolute Gasteiger partial charge is 0.339 e. The molecule has 0 fully saturated rings. The number of ether oxygens (including phenoxy) is 4. The Morgan fingerprint density at radius 2 is 1.53 bits per heavy atom. The second kappa shape index (κ2) is 9.06. The summed E-state index contributed by atoms with van der Waals surface area (Å²) in [6, 6.07) is 11.6. The fraction of sp³-hybridized carbons (Fsp3) is 0.125. The van der Waals surface area contributed by atoms with Gasteiger partial charge < -0.3 is 23.1 Å². The van der Waals surface area contributed by atoms with Gasteiger partial charge in [0, 0.05) is 6.07 Å². The molecule has 0 aliphatic carbocycles. The van der Waals surface area contributed by atoms with Crippen LogP contribution in [0.1, 0.15) is 15.9 Å². The van der Waals surface area contributed by atoms with Crippen molar-refractivity contribution in [2.45, 2.75) is 4.90 Å². The SMILES string of the molecule is COc1cc(/C=C2\Oc3cc(OS(=O)(=O)c4ccc(F)cc4)ccc3C2=O)cc(OC)c1OC. The summed E-state index contributed by atoms with van der Waals surface area (Å²) < 4.78 is 64.8. The predicted octanol–water partition coefficient (Wildman–Crippen LogP) is 4.24. The van der Waals surface area contributed by atoms with Crippen LogP contribution in [0, 0.1) is 5.82 Å². The molecule has 0 N–H and O–H groups in total. The van der Waals surface area contributed by atoms with Crippen LogP contribution in [-0.2, 0) is 10.1 Å². The quantitative estimate of drug-likeness (QED) is 0.362. The second-order valence-corrected chi connectivity index (χ2v) is 8.59. The van der Waals surface area contributed by atoms with Gasteiger partial charge in [-0.25, -0.2) is 4.39 Å². The van der Waals surface area contributed by atoms with Gasteiger partial charge in [0.2, 0.25) is 11.5 Å². The van der Waals surface area contributed by atoms with E-state index in [1.807, 2.05) is 0 Å². The number of hydrogen-bond donors (Lipinski definition) is 0. The number of Topliss-reactive ketones (excluding diaryl/α,β-unsaturated/α-hetero) is 1. The Balaban J connectivity index is 1.62. The molecule has 3 aromatic carbocycles. The summed E-state index contributed by atoms with van der Waals surface area (Å²) in [5.41, 5.74) is 0.797. The van der Waals surface area contributed by atoms with Crippen molar-refractivity contribution in [2.75, 3.05) is 21.3 Å². The molecular formula is C24H19FO8S. The number of benzene rings is 3. The van der Waals surface area contributed by atoms with Crippen LogP contribution in [0.25, 0.3) is 6.08 Å². The van der Waals surface area contributed by atoms with Crippen molar-refractivity contribution in [3.8, 4) is 28.7 Å². The average Bonchev–Trinajstić information content (AvgIpc) is 3.12. The minimum absolute atomic E-state index is 0.0165. The van der Waals surface area contributed by atoms with Crippen LogP contribution in [0.4, 0.5) is 4.39 Å². The van der Waals surface area contributed by atoms with Crippen molar-refractivity contribution < 1.29 is 40.7 Å². The van der Waals surface area contributed by atoms with Gasteiger partial charge in [-0.15, -0.1) is 0 Å². The molecule has 0 spiro atoms. The molecule has 0 unspecified atom stereocenters. The van der Waals surface area contributed by atoms with E-state index in [1.165, 1.54) is 45.6 Å². The molecule has 0 amide bonds. The first kappa shape index (κ1) is 23.1. The summed E-state index contributed by atoms with van der Waals surface area (Å²) in [6.07, 6.45) is 1.50. The molecule has 0 saturated carbocycles. The largest absolute Gasteiger partial charge is 0.493 e. The van der Waals surface area contributed by atoms with Crippen LogP contribution in [0.15, 0.2) is 65.3 Å². The Labute approximate surface area is 195 Å². The number of carbonyl (C=O) groups is 1. The fourth-order valence-electron chi connectivity index (χ4n) is 3.33. The molecule has 4 rings (SSSR count). The first-order valence-electron chi connectivity index (χ1n) is 9.84. The third kappa shape index (κ3) is 4.40. The molecule has 176 valence electrons. The Bertz CT molecular complexity index is 1370. The van der Waals surface area contributed by atoms with Crippen LogP contribution < -0.4 is 23.1 Å². The van der Waals surface area contributed by atoms with E-state index >= 15 is 0 Å². The third-order valence-electron chi connectivity index (χ3n) is 4.93. The Kier molecular flexibility index (Phi) is 6.16. The predicted molar refractivity (Wildman–Crippen MR) is 120 cm³/mol. The van der Waals surface area contributed by atoms with Gasteiger partial charge in [-0.1, -0.05) is 0 Å². The van der Waals surface area contributed by atoms with Gasteiger partial charge in [0.15, 0.2) is 17.3 Å². The molecule has 3 aromatic rings. The zero-order valence-corrected chi connectivity index (χ0v) is 19.1. The summed E-state index contributed by atoms with van der Waals surface area (Å²) in [4.78, 5) is 12.6. The Morgan fingerprint density at radius 3 is 2.12 bits per heavy atom. The maximum Gasteiger partial charge on any atom is 0.339 e. The van der Waals surface area contributed by atoms with Crippen LogP contribution in [0.5, 0.6) is 28.7 Å². The number of carbonyl (C=O) groups excluding carboxylic acids is 1. The maximum absolute atomic E-state index is 13.1. The highest BCUT2D eigenvalue weighted by Crippen LogP contribution is 2.40. The standard InChI is InChI=1S/C24H19FO8S/c1-29-21-11-14(12-22(30-2)24(21)31-3)10-20-23(26)18-9-6-16(13-19(18)32-20)33-34(27,28)17-7-4-15(25)5-8-17/h4-13H,1-3H3/b20-10-. The van der Waals surface area contributed by atoms with Gasteiger partial charge in [0.1, 0.15) is 22.2 Å². The molecule has 1 aliphatic rings. The van der Waals surface area contributed by atoms with Crippen molar-refractivity contribution in [3.05, 3.63) is 77.3 Å². The summed E-state index contributed by atoms with van der Waals surface area (Å²) in [7, 11) is 0.224. The lowest BCUT2D eigenvalue weighted by molar-refractivity contribution is 0.101. The molecule has 0 aromatic heterocycles. The van der Waals surface area contributed by atoms with E-state index in [2.05, 4.69) is 0 Å². The first-order valence-corrected chi connectivity index (χ1v) is 11.2. The van der Waals surface area contributed by atoms with Crippen molar-refractivity contribution in [2.24, 2.45) is 0 Å². The number of rotatable bonds is 7. The van der Waals surface area contributed by atoms with Gasteiger partial charge >= 0.3 is 10.1 Å². The van der Waals surface area contributed by atoms with Crippen LogP contribution in [0.2, 0.25) is 0 Å². The molecule has 1 heterocycles. The fourth-order valence-corrected chi connectivity index (χ4v) is 4.25. The van der Waals surface area contributed by atoms with Crippen molar-refractivity contribution in [3.63, 3.8) is 0 Å². The zero-order valence-electron chi connectivity index (χ0n) is 18.3. The van der Waals surface area contributed by atoms with Gasteiger partial charge in [0.05, 0.1) is 26.9 Å². The molecule has 0 bridgehead atoms. The van der Waals surface area contributed by atoms with E-state index in [1.54, 1.807) is 12.1 Å². The second-order valence-electron chi connectivity index (χ2n) is 7.05. The minimum atomic E-state index is -4.21. The highest BCUT2D eigenvalue weighted by atomic mass is 32.2. The molecule has 0 saturated heterocycles. The van der Waals surface area contributed by atoms with Gasteiger partial charge in [-0.2, -0.15) is 8.42 Å². The summed E-state index contributed by atoms with van der Waals surface area (Å²) >= 11 is 0. The molecule has 8 nitrogen and oxygen atoms in total. The first-order chi connectivity index (χ1) is 16.2. The van der Waals surface area contributed by atoms with Gasteiger partial charge in [-0.05, 0) is 60.2 Å². The van der Waals surface area contributed by atoms with E-state index < -0.39 is 21.7 Å². The van der Waals surface area contributed by atoms with Crippen LogP contribution >= 0.6 is 0 Å². The Hall–Kier alpha value is -4.05. The molecular weight excluding hydrogens is 467 g/mol. The van der Waals surface area contributed by atoms with Crippen LogP contribution in [0.3, 0.4) is 0 Å². The average molecular weight is 486 g/mol. The number of fused-ring (bicyclic) bond motifs is 1. The van der Waals surface area contributed by atoms with Crippen molar-refractivity contribution in [1.82, 2.24) is 0 Å².